The Labute approximate surface area is 193 Å². The monoisotopic (exact) mass is 425 g/mol. The molecule has 0 amide bonds. The van der Waals surface area contributed by atoms with Gasteiger partial charge in [-0.05, 0) is 134 Å². The van der Waals surface area contributed by atoms with Crippen molar-refractivity contribution in [2.45, 2.75) is 112 Å². The van der Waals surface area contributed by atoms with E-state index in [0.29, 0.717) is 33.0 Å². The van der Waals surface area contributed by atoms with Crippen LogP contribution in [0.4, 0.5) is 0 Å². The standard InChI is InChI=1S/C30H51N/c1-20(2)21-11-16-30(19-31)18-17-28(6)22(25(21)30)9-10-24-27(5)14-8-13-26(3,4)23(27)12-15-29(24,28)7/h21-25H,1,8-19,31H2,2-7H3/t21-,22+,23-,24+,25+,27-,28+,29+,30+/m0/s1. The van der Waals surface area contributed by atoms with Gasteiger partial charge in [-0.2, -0.15) is 0 Å². The highest BCUT2D eigenvalue weighted by Gasteiger charge is 2.70. The fourth-order valence-electron chi connectivity index (χ4n) is 11.7. The second-order valence-corrected chi connectivity index (χ2v) is 14.6. The molecule has 5 fully saturated rings. The third kappa shape index (κ3) is 2.71. The van der Waals surface area contributed by atoms with Crippen LogP contribution in [0.15, 0.2) is 12.2 Å². The van der Waals surface area contributed by atoms with Gasteiger partial charge in [-0.25, -0.2) is 0 Å². The predicted octanol–water partition coefficient (Wildman–Crippen LogP) is 7.99. The number of allylic oxidation sites excluding steroid dienone is 1. The van der Waals surface area contributed by atoms with Gasteiger partial charge in [-0.1, -0.05) is 53.2 Å². The molecule has 0 aromatic rings. The maximum atomic E-state index is 6.58. The van der Waals surface area contributed by atoms with Crippen LogP contribution in [-0.4, -0.2) is 6.54 Å². The second kappa shape index (κ2) is 6.86. The van der Waals surface area contributed by atoms with Gasteiger partial charge >= 0.3 is 0 Å². The highest BCUT2D eigenvalue weighted by Crippen LogP contribution is 2.77. The van der Waals surface area contributed by atoms with Gasteiger partial charge in [0, 0.05) is 0 Å². The average Bonchev–Trinajstić information content (AvgIpc) is 3.08. The van der Waals surface area contributed by atoms with Crippen molar-refractivity contribution < 1.29 is 0 Å². The lowest BCUT2D eigenvalue weighted by molar-refractivity contribution is -0.235. The molecule has 5 rings (SSSR count). The summed E-state index contributed by atoms with van der Waals surface area (Å²) in [6.07, 6.45) is 15.7. The molecular formula is C30H51N. The summed E-state index contributed by atoms with van der Waals surface area (Å²) in [7, 11) is 0. The molecule has 1 nitrogen and oxygen atoms in total. The molecule has 0 aromatic heterocycles. The van der Waals surface area contributed by atoms with Crippen LogP contribution >= 0.6 is 0 Å². The number of rotatable bonds is 2. The van der Waals surface area contributed by atoms with Crippen LogP contribution in [-0.2, 0) is 0 Å². The van der Waals surface area contributed by atoms with Crippen molar-refractivity contribution in [2.24, 2.45) is 62.4 Å². The van der Waals surface area contributed by atoms with E-state index < -0.39 is 0 Å². The summed E-state index contributed by atoms with van der Waals surface area (Å²) in [6.45, 7) is 21.2. The minimum absolute atomic E-state index is 0.408. The SMILES string of the molecule is C=C(C)[C@@H]1CC[C@]2(CN)CC[C@]3(C)[C@H](CC[C@@H]4[C@@]5(C)CCCC(C)(C)[C@@H]5CC[C@]43C)[C@@H]12. The van der Waals surface area contributed by atoms with Gasteiger partial charge in [0.15, 0.2) is 0 Å². The molecule has 2 N–H and O–H groups in total. The average molecular weight is 426 g/mol. The van der Waals surface area contributed by atoms with Crippen molar-refractivity contribution in [1.29, 1.82) is 0 Å². The lowest BCUT2D eigenvalue weighted by Gasteiger charge is -2.72. The first-order valence-electron chi connectivity index (χ1n) is 13.8. The van der Waals surface area contributed by atoms with Gasteiger partial charge in [0.2, 0.25) is 0 Å². The number of fused-ring (bicyclic) bond motifs is 7. The molecular weight excluding hydrogens is 374 g/mol. The smallest absolute Gasteiger partial charge is 0.00175 e. The molecule has 0 spiro atoms. The third-order valence-electron chi connectivity index (χ3n) is 13.4. The van der Waals surface area contributed by atoms with Crippen molar-refractivity contribution in [1.82, 2.24) is 0 Å². The molecule has 0 radical (unpaired) electrons. The molecule has 31 heavy (non-hydrogen) atoms. The molecule has 5 saturated carbocycles. The van der Waals surface area contributed by atoms with Crippen LogP contribution in [0.3, 0.4) is 0 Å². The van der Waals surface area contributed by atoms with Gasteiger partial charge in [0.25, 0.3) is 0 Å². The Morgan fingerprint density at radius 2 is 1.55 bits per heavy atom. The summed E-state index contributed by atoms with van der Waals surface area (Å²) in [6, 6.07) is 0. The normalized spacial score (nSPS) is 55.5. The minimum Gasteiger partial charge on any atom is -0.330 e. The molecule has 5 aliphatic rings. The van der Waals surface area contributed by atoms with Crippen molar-refractivity contribution >= 4 is 0 Å². The van der Waals surface area contributed by atoms with Crippen LogP contribution < -0.4 is 5.73 Å². The molecule has 5 aliphatic carbocycles. The highest BCUT2D eigenvalue weighted by atomic mass is 14.8. The molecule has 0 saturated heterocycles. The van der Waals surface area contributed by atoms with Gasteiger partial charge in [-0.3, -0.25) is 0 Å². The quantitative estimate of drug-likeness (QED) is 0.446. The zero-order valence-electron chi connectivity index (χ0n) is 21.7. The van der Waals surface area contributed by atoms with Crippen LogP contribution in [0.1, 0.15) is 112 Å². The second-order valence-electron chi connectivity index (χ2n) is 14.6. The fraction of sp³-hybridized carbons (Fsp3) is 0.933. The summed E-state index contributed by atoms with van der Waals surface area (Å²) < 4.78 is 0. The summed E-state index contributed by atoms with van der Waals surface area (Å²) >= 11 is 0. The van der Waals surface area contributed by atoms with Crippen molar-refractivity contribution in [2.75, 3.05) is 6.54 Å². The van der Waals surface area contributed by atoms with E-state index in [2.05, 4.69) is 48.1 Å². The summed E-state index contributed by atoms with van der Waals surface area (Å²) in [5, 5.41) is 0. The molecule has 1 heteroatoms. The Morgan fingerprint density at radius 3 is 2.23 bits per heavy atom. The molecule has 0 aliphatic heterocycles. The van der Waals surface area contributed by atoms with E-state index in [1.165, 1.54) is 76.2 Å². The Kier molecular flexibility index (Phi) is 4.98. The van der Waals surface area contributed by atoms with Crippen molar-refractivity contribution in [3.05, 3.63) is 12.2 Å². The zero-order chi connectivity index (χ0) is 22.4. The van der Waals surface area contributed by atoms with Gasteiger partial charge in [0.1, 0.15) is 0 Å². The van der Waals surface area contributed by atoms with E-state index in [1.807, 2.05) is 0 Å². The molecule has 0 aromatic carbocycles. The predicted molar refractivity (Wildman–Crippen MR) is 133 cm³/mol. The first kappa shape index (κ1) is 22.5. The van der Waals surface area contributed by atoms with Crippen LogP contribution in [0, 0.1) is 56.7 Å². The Morgan fingerprint density at radius 1 is 0.806 bits per heavy atom. The molecule has 9 atom stereocenters. The Balaban J connectivity index is 1.55. The number of nitrogens with two attached hydrogens (primary N) is 1. The molecule has 0 unspecified atom stereocenters. The highest BCUT2D eigenvalue weighted by molar-refractivity contribution is 5.21. The molecule has 0 bridgehead atoms. The van der Waals surface area contributed by atoms with E-state index in [9.17, 15) is 0 Å². The lowest BCUT2D eigenvalue weighted by Crippen LogP contribution is -2.65. The van der Waals surface area contributed by atoms with E-state index in [-0.39, 0.29) is 0 Å². The maximum Gasteiger partial charge on any atom is -0.00175 e. The topological polar surface area (TPSA) is 26.0 Å². The summed E-state index contributed by atoms with van der Waals surface area (Å²) in [5.74, 6) is 4.20. The van der Waals surface area contributed by atoms with E-state index in [0.717, 1.165) is 30.2 Å². The molecule has 0 heterocycles. The van der Waals surface area contributed by atoms with Crippen molar-refractivity contribution in [3.63, 3.8) is 0 Å². The van der Waals surface area contributed by atoms with E-state index >= 15 is 0 Å². The first-order valence-corrected chi connectivity index (χ1v) is 13.8. The number of hydrogen-bond acceptors (Lipinski definition) is 1. The lowest BCUT2D eigenvalue weighted by atomic mass is 9.32. The maximum absolute atomic E-state index is 6.58. The molecule has 176 valence electrons. The summed E-state index contributed by atoms with van der Waals surface area (Å²) in [4.78, 5) is 0. The van der Waals surface area contributed by atoms with Crippen LogP contribution in [0.2, 0.25) is 0 Å². The van der Waals surface area contributed by atoms with Gasteiger partial charge in [0.05, 0.1) is 0 Å². The summed E-state index contributed by atoms with van der Waals surface area (Å²) in [5.41, 5.74) is 10.5. The largest absolute Gasteiger partial charge is 0.330 e. The van der Waals surface area contributed by atoms with Gasteiger partial charge < -0.3 is 5.73 Å². The van der Waals surface area contributed by atoms with Gasteiger partial charge in [-0.15, -0.1) is 0 Å². The van der Waals surface area contributed by atoms with E-state index in [1.54, 1.807) is 0 Å². The number of hydrogen-bond donors (Lipinski definition) is 1. The third-order valence-corrected chi connectivity index (χ3v) is 13.4. The first-order chi connectivity index (χ1) is 14.5. The minimum atomic E-state index is 0.408. The van der Waals surface area contributed by atoms with Crippen LogP contribution in [0.25, 0.3) is 0 Å². The Hall–Kier alpha value is -0.300. The zero-order valence-corrected chi connectivity index (χ0v) is 21.7. The van der Waals surface area contributed by atoms with E-state index in [4.69, 9.17) is 5.73 Å². The Bertz CT molecular complexity index is 752. The van der Waals surface area contributed by atoms with Crippen molar-refractivity contribution in [3.8, 4) is 0 Å². The fourth-order valence-corrected chi connectivity index (χ4v) is 11.7. The van der Waals surface area contributed by atoms with Crippen LogP contribution in [0.5, 0.6) is 0 Å².